The van der Waals surface area contributed by atoms with Gasteiger partial charge in [-0.15, -0.1) is 0 Å². The Balaban J connectivity index is 1.73. The van der Waals surface area contributed by atoms with Crippen molar-refractivity contribution in [2.24, 2.45) is 0 Å². The Labute approximate surface area is 148 Å². The third kappa shape index (κ3) is 4.40. The Morgan fingerprint density at radius 3 is 2.46 bits per heavy atom. The second kappa shape index (κ2) is 7.70. The van der Waals surface area contributed by atoms with Crippen molar-refractivity contribution in [1.29, 1.82) is 0 Å². The van der Waals surface area contributed by atoms with Crippen LogP contribution in [0.5, 0.6) is 0 Å². The van der Waals surface area contributed by atoms with Gasteiger partial charge in [-0.05, 0) is 43.4 Å². The zero-order chi connectivity index (χ0) is 16.8. The first-order chi connectivity index (χ1) is 11.7. The zero-order valence-electron chi connectivity index (χ0n) is 13.6. The Kier molecular flexibility index (Phi) is 5.18. The van der Waals surface area contributed by atoms with Crippen LogP contribution in [-0.2, 0) is 6.54 Å². The summed E-state index contributed by atoms with van der Waals surface area (Å²) in [6.07, 6.45) is 4.21. The van der Waals surface area contributed by atoms with E-state index in [4.69, 9.17) is 12.2 Å². The van der Waals surface area contributed by atoms with Crippen molar-refractivity contribution in [2.75, 3.05) is 10.6 Å². The fourth-order valence-electron chi connectivity index (χ4n) is 2.53. The minimum Gasteiger partial charge on any atom is -0.332 e. The summed E-state index contributed by atoms with van der Waals surface area (Å²) in [5.74, 6) is 0. The third-order valence-corrected chi connectivity index (χ3v) is 3.86. The highest BCUT2D eigenvalue weighted by Gasteiger charge is 2.09. The maximum Gasteiger partial charge on any atom is 0.175 e. The van der Waals surface area contributed by atoms with Crippen molar-refractivity contribution in [3.63, 3.8) is 0 Å². The molecule has 0 spiro atoms. The second-order valence-corrected chi connectivity index (χ2v) is 6.06. The number of aromatic nitrogens is 1. The van der Waals surface area contributed by atoms with Crippen LogP contribution in [0, 0.1) is 6.92 Å². The Hall–Kier alpha value is -2.72. The smallest absolute Gasteiger partial charge is 0.175 e. The SMILES string of the molecule is Cc1ccc[n+](Cc2ccccc2NC(=S)Nc2ccccc2)c1. The second-order valence-electron chi connectivity index (χ2n) is 5.66. The van der Waals surface area contributed by atoms with E-state index in [0.717, 1.165) is 17.9 Å². The molecule has 3 nitrogen and oxygen atoms in total. The third-order valence-electron chi connectivity index (χ3n) is 3.66. The van der Waals surface area contributed by atoms with Gasteiger partial charge in [0, 0.05) is 28.6 Å². The molecule has 0 unspecified atom stereocenters. The lowest BCUT2D eigenvalue weighted by Gasteiger charge is -2.13. The molecule has 1 heterocycles. The summed E-state index contributed by atoms with van der Waals surface area (Å²) in [5.41, 5.74) is 4.41. The highest BCUT2D eigenvalue weighted by Crippen LogP contribution is 2.15. The molecule has 3 aromatic rings. The van der Waals surface area contributed by atoms with Crippen LogP contribution in [0.25, 0.3) is 0 Å². The van der Waals surface area contributed by atoms with Crippen LogP contribution in [0.15, 0.2) is 79.1 Å². The van der Waals surface area contributed by atoms with Crippen LogP contribution >= 0.6 is 12.2 Å². The van der Waals surface area contributed by atoms with Gasteiger partial charge in [0.05, 0.1) is 0 Å². The van der Waals surface area contributed by atoms with E-state index < -0.39 is 0 Å². The van der Waals surface area contributed by atoms with Crippen LogP contribution in [0.4, 0.5) is 11.4 Å². The van der Waals surface area contributed by atoms with E-state index in [1.165, 1.54) is 11.1 Å². The lowest BCUT2D eigenvalue weighted by Crippen LogP contribution is -2.34. The molecule has 4 heteroatoms. The minimum atomic E-state index is 0.586. The number of thiocarbonyl (C=S) groups is 1. The molecule has 1 aromatic heterocycles. The van der Waals surface area contributed by atoms with Crippen LogP contribution in [0.3, 0.4) is 0 Å². The minimum absolute atomic E-state index is 0.586. The first kappa shape index (κ1) is 16.1. The molecule has 0 bridgehead atoms. The van der Waals surface area contributed by atoms with Gasteiger partial charge in [0.25, 0.3) is 0 Å². The predicted molar refractivity (Wildman–Crippen MR) is 103 cm³/mol. The molecule has 0 fully saturated rings. The predicted octanol–water partition coefficient (Wildman–Crippen LogP) is 4.14. The highest BCUT2D eigenvalue weighted by atomic mass is 32.1. The maximum absolute atomic E-state index is 5.43. The number of rotatable bonds is 4. The first-order valence-electron chi connectivity index (χ1n) is 7.87. The van der Waals surface area contributed by atoms with Crippen molar-refractivity contribution in [3.05, 3.63) is 90.3 Å². The van der Waals surface area contributed by atoms with Crippen molar-refractivity contribution < 1.29 is 4.57 Å². The van der Waals surface area contributed by atoms with E-state index in [1.807, 2.05) is 48.5 Å². The summed E-state index contributed by atoms with van der Waals surface area (Å²) in [7, 11) is 0. The number of para-hydroxylation sites is 2. The van der Waals surface area contributed by atoms with Crippen LogP contribution in [-0.4, -0.2) is 5.11 Å². The molecule has 0 saturated heterocycles. The average Bonchev–Trinajstić information content (AvgIpc) is 2.57. The molecular weight excluding hydrogens is 314 g/mol. The van der Waals surface area contributed by atoms with Crippen molar-refractivity contribution in [3.8, 4) is 0 Å². The summed E-state index contributed by atoms with van der Waals surface area (Å²) in [5, 5.41) is 7.09. The van der Waals surface area contributed by atoms with E-state index in [9.17, 15) is 0 Å². The number of hydrogen-bond donors (Lipinski definition) is 2. The Bertz CT molecular complexity index is 831. The molecule has 0 amide bonds. The Morgan fingerprint density at radius 1 is 0.917 bits per heavy atom. The van der Waals surface area contributed by atoms with Crippen LogP contribution in [0.1, 0.15) is 11.1 Å². The van der Waals surface area contributed by atoms with Gasteiger partial charge in [-0.2, -0.15) is 0 Å². The van der Waals surface area contributed by atoms with Gasteiger partial charge >= 0.3 is 0 Å². The number of aryl methyl sites for hydroxylation is 1. The van der Waals surface area contributed by atoms with Crippen LogP contribution < -0.4 is 15.2 Å². The van der Waals surface area contributed by atoms with Crippen molar-refractivity contribution in [2.45, 2.75) is 13.5 Å². The lowest BCUT2D eigenvalue weighted by atomic mass is 10.1. The van der Waals surface area contributed by atoms with Gasteiger partial charge < -0.3 is 10.6 Å². The molecule has 120 valence electrons. The molecule has 3 rings (SSSR count). The van der Waals surface area contributed by atoms with E-state index in [2.05, 4.69) is 52.7 Å². The van der Waals surface area contributed by atoms with Gasteiger partial charge in [-0.3, -0.25) is 0 Å². The molecule has 2 N–H and O–H groups in total. The molecule has 0 atom stereocenters. The summed E-state index contributed by atoms with van der Waals surface area (Å²) >= 11 is 5.43. The molecule has 0 aliphatic carbocycles. The van der Waals surface area contributed by atoms with Crippen molar-refractivity contribution in [1.82, 2.24) is 0 Å². The van der Waals surface area contributed by atoms with Gasteiger partial charge in [-0.1, -0.05) is 36.4 Å². The molecule has 0 aliphatic rings. The van der Waals surface area contributed by atoms with Gasteiger partial charge in [0.15, 0.2) is 24.1 Å². The summed E-state index contributed by atoms with van der Waals surface area (Å²) < 4.78 is 2.17. The maximum atomic E-state index is 5.43. The van der Waals surface area contributed by atoms with E-state index in [1.54, 1.807) is 0 Å². The van der Waals surface area contributed by atoms with Gasteiger partial charge in [0.2, 0.25) is 0 Å². The van der Waals surface area contributed by atoms with Gasteiger partial charge in [0.1, 0.15) is 0 Å². The molecule has 2 aromatic carbocycles. The molecule has 24 heavy (non-hydrogen) atoms. The molecule has 0 aliphatic heterocycles. The fraction of sp³-hybridized carbons (Fsp3) is 0.100. The number of nitrogens with zero attached hydrogens (tertiary/aromatic N) is 1. The van der Waals surface area contributed by atoms with E-state index in [-0.39, 0.29) is 0 Å². The molecule has 0 radical (unpaired) electrons. The summed E-state index contributed by atoms with van der Waals surface area (Å²) in [6.45, 7) is 2.89. The standard InChI is InChI=1S/C20H19N3S/c1-16-8-7-13-23(14-16)15-17-9-5-6-12-19(17)22-20(24)21-18-10-3-2-4-11-18/h2-14H,15H2,1H3,(H-,21,22,24)/p+1. The summed E-state index contributed by atoms with van der Waals surface area (Å²) in [4.78, 5) is 0. The summed E-state index contributed by atoms with van der Waals surface area (Å²) in [6, 6.07) is 22.3. The number of hydrogen-bond acceptors (Lipinski definition) is 1. The van der Waals surface area contributed by atoms with Crippen molar-refractivity contribution >= 4 is 28.7 Å². The zero-order valence-corrected chi connectivity index (χ0v) is 14.4. The molecule has 0 saturated carbocycles. The number of nitrogens with one attached hydrogen (secondary N) is 2. The van der Waals surface area contributed by atoms with E-state index >= 15 is 0 Å². The van der Waals surface area contributed by atoms with Crippen LogP contribution in [0.2, 0.25) is 0 Å². The number of benzene rings is 2. The average molecular weight is 334 g/mol. The lowest BCUT2D eigenvalue weighted by molar-refractivity contribution is -0.688. The highest BCUT2D eigenvalue weighted by molar-refractivity contribution is 7.80. The van der Waals surface area contributed by atoms with Gasteiger partial charge in [-0.25, -0.2) is 4.57 Å². The quantitative estimate of drug-likeness (QED) is 0.555. The fourth-order valence-corrected chi connectivity index (χ4v) is 2.76. The molecular formula is C20H20N3S+. The normalized spacial score (nSPS) is 10.2. The Morgan fingerprint density at radius 2 is 1.67 bits per heavy atom. The largest absolute Gasteiger partial charge is 0.332 e. The number of pyridine rings is 1. The van der Waals surface area contributed by atoms with E-state index in [0.29, 0.717) is 5.11 Å². The first-order valence-corrected chi connectivity index (χ1v) is 8.28. The monoisotopic (exact) mass is 334 g/mol. The topological polar surface area (TPSA) is 27.9 Å². The number of anilines is 2.